The Balaban J connectivity index is 0.000000219. The van der Waals surface area contributed by atoms with E-state index in [1.165, 1.54) is 60.0 Å². The fourth-order valence-electron chi connectivity index (χ4n) is 11.3. The number of aliphatic hydroxyl groups excluding tert-OH is 2. The Morgan fingerprint density at radius 2 is 1.04 bits per heavy atom. The van der Waals surface area contributed by atoms with E-state index in [4.69, 9.17) is 28.9 Å². The Hall–Kier alpha value is -7.20. The number of anilines is 4. The van der Waals surface area contributed by atoms with Gasteiger partial charge in [0.15, 0.2) is 0 Å². The lowest BCUT2D eigenvalue weighted by atomic mass is 9.78. The first kappa shape index (κ1) is 63.8. The van der Waals surface area contributed by atoms with Gasteiger partial charge in [-0.1, -0.05) is 75.4 Å². The molecule has 18 nitrogen and oxygen atoms in total. The van der Waals surface area contributed by atoms with Gasteiger partial charge >= 0.3 is 12.1 Å². The van der Waals surface area contributed by atoms with E-state index in [1.807, 2.05) is 39.0 Å². The van der Waals surface area contributed by atoms with Gasteiger partial charge < -0.3 is 41.7 Å². The van der Waals surface area contributed by atoms with Crippen LogP contribution in [0.4, 0.5) is 41.4 Å². The molecule has 6 heterocycles. The molecule has 85 heavy (non-hydrogen) atoms. The lowest BCUT2D eigenvalue weighted by Crippen LogP contribution is -2.45. The van der Waals surface area contributed by atoms with Crippen LogP contribution in [0.2, 0.25) is 10.0 Å². The lowest BCUT2D eigenvalue weighted by molar-refractivity contribution is -0.120. The number of nitrogens with zero attached hydrogens (tertiary/aromatic N) is 6. The topological polar surface area (TPSA) is 253 Å². The molecular formula is C63H76Cl2F2N12O6. The second-order valence-corrected chi connectivity index (χ2v) is 23.5. The number of halogens is 4. The van der Waals surface area contributed by atoms with Crippen LogP contribution in [0.25, 0.3) is 0 Å². The summed E-state index contributed by atoms with van der Waals surface area (Å²) in [7, 11) is 0. The number of hydrogen-bond donors (Lipinski definition) is 8. The van der Waals surface area contributed by atoms with E-state index >= 15 is 8.78 Å². The number of benzene rings is 2. The van der Waals surface area contributed by atoms with E-state index in [9.17, 15) is 29.4 Å². The zero-order valence-electron chi connectivity index (χ0n) is 47.3. The van der Waals surface area contributed by atoms with Gasteiger partial charge in [0.1, 0.15) is 35.4 Å². The SMILES string of the molecule is C.CCNC(CCC1CC1)(c1ccnc(C)c1)c1ccc(F)c(NC(=O)[C@H]2C[C@@H](CO)CN2C(=O)Nc2ccc(Cl)cn2)c1.Cc1cc(C(N)(CCC2CC2)c2ccc(F)c(NC(=O)[C@H]3C[C@@H](CO)CN3C(=O)Nc3ccc(Cl)cn3)c2)ccn1. The fraction of sp³-hybridized carbons (Fsp3) is 0.429. The number of urea groups is 2. The maximum absolute atomic E-state index is 15.3. The maximum Gasteiger partial charge on any atom is 0.323 e. The number of likely N-dealkylation sites (tertiary alicyclic amines) is 2. The van der Waals surface area contributed by atoms with E-state index in [2.05, 4.69) is 52.6 Å². The van der Waals surface area contributed by atoms with E-state index in [-0.39, 0.29) is 81.4 Å². The molecule has 452 valence electrons. The van der Waals surface area contributed by atoms with Gasteiger partial charge in [0.25, 0.3) is 0 Å². The van der Waals surface area contributed by atoms with Crippen molar-refractivity contribution in [3.05, 3.63) is 165 Å². The Morgan fingerprint density at radius 1 is 0.600 bits per heavy atom. The fourth-order valence-corrected chi connectivity index (χ4v) is 11.6. The molecule has 4 aromatic heterocycles. The minimum absolute atomic E-state index is 0. The molecule has 2 unspecified atom stereocenters. The lowest BCUT2D eigenvalue weighted by Gasteiger charge is -2.37. The van der Waals surface area contributed by atoms with Crippen molar-refractivity contribution in [2.75, 3.05) is 54.1 Å². The normalized spacial score (nSPS) is 19.6. The molecule has 0 bridgehead atoms. The summed E-state index contributed by atoms with van der Waals surface area (Å²) < 4.78 is 30.4. The quantitative estimate of drug-likeness (QED) is 0.0355. The summed E-state index contributed by atoms with van der Waals surface area (Å²) in [6.07, 6.45) is 15.0. The van der Waals surface area contributed by atoms with Crippen molar-refractivity contribution in [1.29, 1.82) is 0 Å². The predicted molar refractivity (Wildman–Crippen MR) is 326 cm³/mol. The number of carbonyl (C=O) groups is 4. The summed E-state index contributed by atoms with van der Waals surface area (Å²) in [5.41, 5.74) is 10.7. The number of nitrogens with one attached hydrogen (secondary N) is 5. The predicted octanol–water partition coefficient (Wildman–Crippen LogP) is 10.9. The van der Waals surface area contributed by atoms with Gasteiger partial charge in [0, 0.05) is 74.3 Å². The van der Waals surface area contributed by atoms with Crippen LogP contribution in [-0.4, -0.2) is 109 Å². The molecule has 0 radical (unpaired) electrons. The highest BCUT2D eigenvalue weighted by Crippen LogP contribution is 2.43. The molecule has 4 fully saturated rings. The number of aromatic nitrogens is 4. The first-order chi connectivity index (χ1) is 40.4. The second-order valence-electron chi connectivity index (χ2n) is 22.6. The molecule has 2 aliphatic carbocycles. The highest BCUT2D eigenvalue weighted by atomic mass is 35.5. The Kier molecular flexibility index (Phi) is 21.3. The summed E-state index contributed by atoms with van der Waals surface area (Å²) in [4.78, 5) is 72.9. The minimum Gasteiger partial charge on any atom is -0.396 e. The number of aryl methyl sites for hydroxylation is 2. The summed E-state index contributed by atoms with van der Waals surface area (Å²) in [5.74, 6) is -1.02. The highest BCUT2D eigenvalue weighted by molar-refractivity contribution is 6.30. The monoisotopic (exact) mass is 1200 g/mol. The van der Waals surface area contributed by atoms with Crippen LogP contribution in [0.3, 0.4) is 0 Å². The molecule has 6 amide bonds. The average molecular weight is 1210 g/mol. The number of rotatable bonds is 20. The van der Waals surface area contributed by atoms with Crippen LogP contribution in [-0.2, 0) is 20.7 Å². The molecule has 22 heteroatoms. The smallest absolute Gasteiger partial charge is 0.323 e. The third-order valence-corrected chi connectivity index (χ3v) is 16.8. The first-order valence-electron chi connectivity index (χ1n) is 28.6. The van der Waals surface area contributed by atoms with Gasteiger partial charge in [-0.3, -0.25) is 30.2 Å². The second kappa shape index (κ2) is 28.3. The van der Waals surface area contributed by atoms with Gasteiger partial charge in [0.2, 0.25) is 11.8 Å². The number of pyridine rings is 4. The van der Waals surface area contributed by atoms with Crippen molar-refractivity contribution < 1.29 is 38.2 Å². The summed E-state index contributed by atoms with van der Waals surface area (Å²) in [6.45, 7) is 6.52. The molecular weight excluding hydrogens is 1130 g/mol. The standard InChI is InChI=1S/C32H38ClFN6O3.C30H34ClFN6O3.CH4/c1-3-37-32(12-10-21-4-5-21,24-11-13-35-20(2)14-24)23-6-8-26(34)27(16-23)38-30(42)28-15-22(19-41)18-40(28)31(43)39-29-9-7-25(33)17-36-29;1-18-12-22(9-11-34-18)30(33,10-8-19-2-3-19)21-4-6-24(32)25(14-21)36-28(40)26-13-20(17-39)16-38(26)29(41)37-27-7-5-23(31)15-35-27;/h6-9,11,13-14,16-17,21-22,28,37,41H,3-5,10,12,15,18-19H2,1-2H3,(H,38,42)(H,36,39,43);4-7,9,11-12,14-15,19-20,26,39H,2-3,8,10,13,16-17,33H2,1H3,(H,36,40)(H,35,37,41);1H4/t22-,28-,32?;20-,26-,30?;/m11./s1. The van der Waals surface area contributed by atoms with Crippen LogP contribution in [0.1, 0.15) is 112 Å². The molecule has 4 aliphatic rings. The molecule has 2 saturated heterocycles. The molecule has 10 rings (SSSR count). The van der Waals surface area contributed by atoms with Crippen molar-refractivity contribution in [2.24, 2.45) is 29.4 Å². The molecule has 6 aromatic rings. The average Bonchev–Trinajstić information content (AvgIpc) is 2.81. The third-order valence-electron chi connectivity index (χ3n) is 16.3. The summed E-state index contributed by atoms with van der Waals surface area (Å²) in [6, 6.07) is 20.6. The number of carbonyl (C=O) groups excluding carboxylic acids is 4. The Bertz CT molecular complexity index is 3310. The van der Waals surface area contributed by atoms with Crippen LogP contribution < -0.4 is 32.3 Å². The van der Waals surface area contributed by atoms with Crippen LogP contribution >= 0.6 is 23.2 Å². The van der Waals surface area contributed by atoms with Gasteiger partial charge in [-0.2, -0.15) is 0 Å². The first-order valence-corrected chi connectivity index (χ1v) is 29.4. The Morgan fingerprint density at radius 3 is 1.48 bits per heavy atom. The number of nitrogens with two attached hydrogens (primary N) is 1. The van der Waals surface area contributed by atoms with E-state index in [1.54, 1.807) is 60.9 Å². The van der Waals surface area contributed by atoms with Crippen LogP contribution in [0, 0.1) is 49.2 Å². The zero-order chi connectivity index (χ0) is 59.7. The number of amides is 6. The van der Waals surface area contributed by atoms with Gasteiger partial charge in [-0.25, -0.2) is 28.3 Å². The largest absolute Gasteiger partial charge is 0.396 e. The van der Waals surface area contributed by atoms with Crippen molar-refractivity contribution in [3.63, 3.8) is 0 Å². The van der Waals surface area contributed by atoms with Crippen LogP contribution in [0.5, 0.6) is 0 Å². The molecule has 2 saturated carbocycles. The molecule has 2 aliphatic heterocycles. The van der Waals surface area contributed by atoms with Gasteiger partial charge in [-0.15, -0.1) is 0 Å². The van der Waals surface area contributed by atoms with Crippen molar-refractivity contribution in [1.82, 2.24) is 35.1 Å². The van der Waals surface area contributed by atoms with Crippen molar-refractivity contribution in [2.45, 2.75) is 116 Å². The third kappa shape index (κ3) is 15.8. The van der Waals surface area contributed by atoms with Crippen molar-refractivity contribution >= 4 is 70.1 Å². The van der Waals surface area contributed by atoms with Crippen LogP contribution in [0.15, 0.2) is 110 Å². The maximum atomic E-state index is 15.3. The van der Waals surface area contributed by atoms with Gasteiger partial charge in [0.05, 0.1) is 32.5 Å². The highest BCUT2D eigenvalue weighted by Gasteiger charge is 2.43. The summed E-state index contributed by atoms with van der Waals surface area (Å²) in [5, 5.41) is 34.9. The van der Waals surface area contributed by atoms with E-state index < -0.39 is 58.7 Å². The number of aliphatic hydroxyl groups is 2. The summed E-state index contributed by atoms with van der Waals surface area (Å²) >= 11 is 11.8. The van der Waals surface area contributed by atoms with Gasteiger partial charge in [-0.05, 0) is 166 Å². The zero-order valence-corrected chi connectivity index (χ0v) is 48.8. The van der Waals surface area contributed by atoms with E-state index in [0.717, 1.165) is 47.3 Å². The van der Waals surface area contributed by atoms with Crippen molar-refractivity contribution in [3.8, 4) is 0 Å². The molecule has 9 N–H and O–H groups in total. The molecule has 0 spiro atoms. The Labute approximate surface area is 505 Å². The van der Waals surface area contributed by atoms with E-state index in [0.29, 0.717) is 40.4 Å². The molecule has 2 aromatic carbocycles. The minimum atomic E-state index is -0.928. The molecule has 6 atom stereocenters. The number of hydrogen-bond acceptors (Lipinski definition) is 12.